The van der Waals surface area contributed by atoms with Crippen LogP contribution in [0.4, 0.5) is 4.79 Å². The molecule has 1 rings (SSSR count). The van der Waals surface area contributed by atoms with E-state index in [0.29, 0.717) is 0 Å². The second kappa shape index (κ2) is 5.91. The van der Waals surface area contributed by atoms with Crippen LogP contribution < -0.4 is 11.1 Å². The highest BCUT2D eigenvalue weighted by atomic mass is 32.1. The van der Waals surface area contributed by atoms with Gasteiger partial charge in [0, 0.05) is 0 Å². The highest BCUT2D eigenvalue weighted by molar-refractivity contribution is 7.96. The van der Waals surface area contributed by atoms with Crippen molar-refractivity contribution in [3.63, 3.8) is 0 Å². The van der Waals surface area contributed by atoms with E-state index in [1.54, 1.807) is 0 Å². The third kappa shape index (κ3) is 11.4. The molecule has 0 radical (unpaired) electrons. The maximum Gasteiger partial charge on any atom is 0.273 e. The summed E-state index contributed by atoms with van der Waals surface area (Å²) in [4.78, 5) is 9.09. The average molecular weight is 148 g/mol. The Morgan fingerprint density at radius 1 is 1.44 bits per heavy atom. The molecule has 0 saturated carbocycles. The van der Waals surface area contributed by atoms with Crippen LogP contribution in [0, 0.1) is 0 Å². The quantitative estimate of drug-likeness (QED) is 0.435. The lowest BCUT2D eigenvalue weighted by Gasteiger charge is -1.76. The Hall–Kier alpha value is -0.220. The number of primary amides is 1. The molecule has 0 bridgehead atoms. The molecule has 3 nitrogen and oxygen atoms in total. The summed E-state index contributed by atoms with van der Waals surface area (Å²) in [6.07, 6.45) is 2.78. The predicted octanol–water partition coefficient (Wildman–Crippen LogP) is 0.365. The molecule has 1 heterocycles. The molecule has 4 heteroatoms. The third-order valence-electron chi connectivity index (χ3n) is 0.957. The fourth-order valence-electron chi connectivity index (χ4n) is 0.625. The SMILES string of the molecule is C1CCNC1.NC(=O)S. The highest BCUT2D eigenvalue weighted by Crippen LogP contribution is 1.90. The summed E-state index contributed by atoms with van der Waals surface area (Å²) < 4.78 is 0. The van der Waals surface area contributed by atoms with E-state index >= 15 is 0 Å². The van der Waals surface area contributed by atoms with Crippen molar-refractivity contribution in [1.82, 2.24) is 5.32 Å². The first-order chi connectivity index (χ1) is 4.23. The molecule has 1 fully saturated rings. The first-order valence-corrected chi connectivity index (χ1v) is 3.37. The molecule has 0 aromatic carbocycles. The fourth-order valence-corrected chi connectivity index (χ4v) is 0.625. The van der Waals surface area contributed by atoms with Gasteiger partial charge in [-0.3, -0.25) is 4.79 Å². The zero-order chi connectivity index (χ0) is 7.11. The molecule has 0 unspecified atom stereocenters. The van der Waals surface area contributed by atoms with E-state index in [1.165, 1.54) is 25.9 Å². The van der Waals surface area contributed by atoms with Gasteiger partial charge in [-0.25, -0.2) is 0 Å². The molecular formula is C5H12N2OS. The van der Waals surface area contributed by atoms with Gasteiger partial charge in [0.25, 0.3) is 5.24 Å². The number of carbonyl (C=O) groups excluding carboxylic acids is 1. The molecule has 0 aromatic heterocycles. The van der Waals surface area contributed by atoms with Crippen LogP contribution in [-0.4, -0.2) is 18.3 Å². The van der Waals surface area contributed by atoms with Gasteiger partial charge in [-0.15, -0.1) is 0 Å². The van der Waals surface area contributed by atoms with Crippen molar-refractivity contribution in [3.8, 4) is 0 Å². The Bertz CT molecular complexity index is 71.4. The van der Waals surface area contributed by atoms with Crippen molar-refractivity contribution < 1.29 is 4.79 Å². The number of carbonyl (C=O) groups is 1. The van der Waals surface area contributed by atoms with Crippen LogP contribution in [0.15, 0.2) is 0 Å². The number of rotatable bonds is 0. The summed E-state index contributed by atoms with van der Waals surface area (Å²) in [6, 6.07) is 0. The maximum absolute atomic E-state index is 9.09. The Balaban J connectivity index is 0.000000148. The zero-order valence-corrected chi connectivity index (χ0v) is 6.16. The number of nitrogens with one attached hydrogen (secondary N) is 1. The summed E-state index contributed by atoms with van der Waals surface area (Å²) >= 11 is 3.10. The third-order valence-corrected chi connectivity index (χ3v) is 0.957. The lowest BCUT2D eigenvalue weighted by Crippen LogP contribution is -2.03. The van der Waals surface area contributed by atoms with Crippen LogP contribution in [0.2, 0.25) is 0 Å². The highest BCUT2D eigenvalue weighted by Gasteiger charge is 1.93. The van der Waals surface area contributed by atoms with Gasteiger partial charge in [0.15, 0.2) is 0 Å². The lowest BCUT2D eigenvalue weighted by molar-refractivity contribution is 0.267. The summed E-state index contributed by atoms with van der Waals surface area (Å²) in [7, 11) is 0. The molecular weight excluding hydrogens is 136 g/mol. The minimum atomic E-state index is -0.639. The fraction of sp³-hybridized carbons (Fsp3) is 0.800. The van der Waals surface area contributed by atoms with Crippen molar-refractivity contribution in [3.05, 3.63) is 0 Å². The van der Waals surface area contributed by atoms with E-state index in [0.717, 1.165) is 0 Å². The van der Waals surface area contributed by atoms with E-state index in [1.807, 2.05) is 0 Å². The van der Waals surface area contributed by atoms with E-state index in [4.69, 9.17) is 4.79 Å². The maximum atomic E-state index is 9.09. The van der Waals surface area contributed by atoms with Gasteiger partial charge in [0.05, 0.1) is 0 Å². The van der Waals surface area contributed by atoms with Gasteiger partial charge in [-0.1, -0.05) is 12.6 Å². The number of thiol groups is 1. The van der Waals surface area contributed by atoms with Crippen molar-refractivity contribution in [2.75, 3.05) is 13.1 Å². The van der Waals surface area contributed by atoms with Crippen molar-refractivity contribution in [2.24, 2.45) is 5.73 Å². The molecule has 0 aromatic rings. The summed E-state index contributed by atoms with van der Waals surface area (Å²) in [5.41, 5.74) is 4.34. The lowest BCUT2D eigenvalue weighted by atomic mass is 10.4. The van der Waals surface area contributed by atoms with Crippen LogP contribution in [0.25, 0.3) is 0 Å². The molecule has 1 amide bonds. The minimum Gasteiger partial charge on any atom is -0.361 e. The molecule has 1 saturated heterocycles. The molecule has 9 heavy (non-hydrogen) atoms. The standard InChI is InChI=1S/C4H9N.CH3NOS/c1-2-4-5-3-1;2-1(3)4/h5H,1-4H2;(H3,2,3,4). The zero-order valence-electron chi connectivity index (χ0n) is 5.26. The Labute approximate surface area is 60.4 Å². The second-order valence-electron chi connectivity index (χ2n) is 1.80. The van der Waals surface area contributed by atoms with Crippen molar-refractivity contribution in [2.45, 2.75) is 12.8 Å². The van der Waals surface area contributed by atoms with Crippen LogP contribution >= 0.6 is 12.6 Å². The summed E-state index contributed by atoms with van der Waals surface area (Å²) in [6.45, 7) is 2.50. The van der Waals surface area contributed by atoms with E-state index in [2.05, 4.69) is 23.7 Å². The summed E-state index contributed by atoms with van der Waals surface area (Å²) in [5.74, 6) is 0. The molecule has 0 atom stereocenters. The second-order valence-corrected chi connectivity index (χ2v) is 2.24. The van der Waals surface area contributed by atoms with Gasteiger partial charge < -0.3 is 11.1 Å². The van der Waals surface area contributed by atoms with Crippen LogP contribution in [0.5, 0.6) is 0 Å². The van der Waals surface area contributed by atoms with Crippen LogP contribution in [0.1, 0.15) is 12.8 Å². The smallest absolute Gasteiger partial charge is 0.273 e. The summed E-state index contributed by atoms with van der Waals surface area (Å²) in [5, 5.41) is 2.58. The molecule has 1 aliphatic rings. The molecule has 0 spiro atoms. The van der Waals surface area contributed by atoms with E-state index in [-0.39, 0.29) is 0 Å². The van der Waals surface area contributed by atoms with Crippen LogP contribution in [-0.2, 0) is 0 Å². The van der Waals surface area contributed by atoms with Crippen molar-refractivity contribution >= 4 is 17.9 Å². The first kappa shape index (κ1) is 8.78. The number of hydrogen-bond donors (Lipinski definition) is 3. The Morgan fingerprint density at radius 2 is 1.78 bits per heavy atom. The van der Waals surface area contributed by atoms with Gasteiger partial charge in [-0.2, -0.15) is 0 Å². The van der Waals surface area contributed by atoms with Gasteiger partial charge in [0.1, 0.15) is 0 Å². The molecule has 1 aliphatic heterocycles. The van der Waals surface area contributed by atoms with Gasteiger partial charge in [-0.05, 0) is 25.9 Å². The molecule has 54 valence electrons. The normalized spacial score (nSPS) is 16.1. The van der Waals surface area contributed by atoms with Crippen LogP contribution in [0.3, 0.4) is 0 Å². The number of nitrogens with two attached hydrogens (primary N) is 1. The van der Waals surface area contributed by atoms with E-state index in [9.17, 15) is 0 Å². The minimum absolute atomic E-state index is 0.639. The Morgan fingerprint density at radius 3 is 1.89 bits per heavy atom. The molecule has 0 aliphatic carbocycles. The van der Waals surface area contributed by atoms with Gasteiger partial charge in [0.2, 0.25) is 0 Å². The first-order valence-electron chi connectivity index (χ1n) is 2.92. The van der Waals surface area contributed by atoms with Crippen molar-refractivity contribution in [1.29, 1.82) is 0 Å². The van der Waals surface area contributed by atoms with Gasteiger partial charge >= 0.3 is 0 Å². The number of hydrogen-bond acceptors (Lipinski definition) is 2. The Kier molecular flexibility index (Phi) is 5.76. The predicted molar refractivity (Wildman–Crippen MR) is 40.7 cm³/mol. The monoisotopic (exact) mass is 148 g/mol. The van der Waals surface area contributed by atoms with E-state index < -0.39 is 5.24 Å². The number of amides is 1. The average Bonchev–Trinajstić information content (AvgIpc) is 2.11. The topological polar surface area (TPSA) is 55.1 Å². The molecule has 3 N–H and O–H groups in total. The largest absolute Gasteiger partial charge is 0.361 e.